The van der Waals surface area contributed by atoms with Crippen LogP contribution in [0.15, 0.2) is 84.5 Å². The second-order valence-electron chi connectivity index (χ2n) is 9.18. The maximum atomic E-state index is 13.2. The van der Waals surface area contributed by atoms with Crippen molar-refractivity contribution in [1.82, 2.24) is 14.8 Å². The number of thiazole rings is 1. The summed E-state index contributed by atoms with van der Waals surface area (Å²) in [5.41, 5.74) is 11.0. The molecule has 5 aromatic rings. The first-order valence-electron chi connectivity index (χ1n) is 12.1. The summed E-state index contributed by atoms with van der Waals surface area (Å²) in [6.07, 6.45) is 2.58. The highest BCUT2D eigenvalue weighted by Crippen LogP contribution is 2.40. The maximum Gasteiger partial charge on any atom is 0.260 e. The molecule has 38 heavy (non-hydrogen) atoms. The Bertz CT molecular complexity index is 1600. The van der Waals surface area contributed by atoms with Crippen LogP contribution < -0.4 is 10.6 Å². The molecule has 0 bridgehead atoms. The zero-order valence-corrected chi connectivity index (χ0v) is 21.7. The molecule has 194 valence electrons. The van der Waals surface area contributed by atoms with Crippen molar-refractivity contribution in [3.8, 4) is 5.69 Å². The summed E-state index contributed by atoms with van der Waals surface area (Å²) >= 11 is 1.27. The third kappa shape index (κ3) is 4.92. The van der Waals surface area contributed by atoms with E-state index in [4.69, 9.17) is 5.73 Å². The normalized spacial score (nSPS) is 16.9. The van der Waals surface area contributed by atoms with Gasteiger partial charge in [-0.05, 0) is 61.4 Å². The topological polar surface area (TPSA) is 94.1 Å². The number of benzene rings is 3. The largest absolute Gasteiger partial charge is 0.365 e. The molecule has 3 heterocycles. The molecule has 2 aromatic heterocycles. The molecule has 6 rings (SSSR count). The number of nitrogens with two attached hydrogens (primary N) is 1. The van der Waals surface area contributed by atoms with E-state index in [1.54, 1.807) is 35.4 Å². The van der Waals surface area contributed by atoms with Crippen molar-refractivity contribution in [3.05, 3.63) is 106 Å². The summed E-state index contributed by atoms with van der Waals surface area (Å²) in [6, 6.07) is 22.4. The Morgan fingerprint density at radius 2 is 1.79 bits per heavy atom. The minimum Gasteiger partial charge on any atom is -0.365 e. The molecule has 1 saturated heterocycles. The van der Waals surface area contributed by atoms with Crippen molar-refractivity contribution in [1.29, 1.82) is 0 Å². The minimum atomic E-state index is -0.394. The van der Waals surface area contributed by atoms with Gasteiger partial charge in [-0.2, -0.15) is 5.10 Å². The van der Waals surface area contributed by atoms with E-state index in [2.05, 4.69) is 22.2 Å². The van der Waals surface area contributed by atoms with Crippen LogP contribution in [0.5, 0.6) is 0 Å². The monoisotopic (exact) mass is 529 g/mol. The summed E-state index contributed by atoms with van der Waals surface area (Å²) in [4.78, 5) is 29.7. The van der Waals surface area contributed by atoms with E-state index in [-0.39, 0.29) is 25.1 Å². The molecule has 0 saturated carbocycles. The number of hydrogen-bond acceptors (Lipinski definition) is 5. The van der Waals surface area contributed by atoms with Crippen molar-refractivity contribution >= 4 is 39.7 Å². The van der Waals surface area contributed by atoms with Gasteiger partial charge >= 0.3 is 0 Å². The lowest BCUT2D eigenvalue weighted by Gasteiger charge is -2.25. The van der Waals surface area contributed by atoms with Crippen molar-refractivity contribution in [2.75, 3.05) is 4.90 Å². The van der Waals surface area contributed by atoms with E-state index in [0.29, 0.717) is 10.6 Å². The predicted octanol–water partition coefficient (Wildman–Crippen LogP) is 6.08. The Balaban J connectivity index is 0.000000302. The molecule has 1 aliphatic heterocycles. The van der Waals surface area contributed by atoms with Gasteiger partial charge < -0.3 is 10.6 Å². The highest BCUT2D eigenvalue weighted by atomic mass is 32.1. The fraction of sp³-hybridized carbons (Fsp3) is 0.172. The third-order valence-corrected chi connectivity index (χ3v) is 7.55. The Hall–Kier alpha value is -4.37. The summed E-state index contributed by atoms with van der Waals surface area (Å²) in [6.45, 7) is 3.75. The van der Waals surface area contributed by atoms with Gasteiger partial charge in [-0.3, -0.25) is 9.59 Å². The summed E-state index contributed by atoms with van der Waals surface area (Å²) < 4.78 is 15.0. The molecule has 9 heteroatoms. The standard InChI is InChI=1S/C24H20FN3O.C5H6N2OS.H2/c1-16-13-23(17-5-3-2-4-6-17)27(24(16)29)21-11-12-22-18(14-21)15-26-28(22)20-9-7-19(25)8-10-20;1-3-4(5(6)8)9-2-7-3;/h2-12,14-16,23H,13H2,1H3;2H,1H3,(H2,6,8);1H/t16?,23-;;/m0../s1. The smallest absolute Gasteiger partial charge is 0.260 e. The van der Waals surface area contributed by atoms with Gasteiger partial charge in [0.05, 0.1) is 34.6 Å². The van der Waals surface area contributed by atoms with Gasteiger partial charge in [-0.25, -0.2) is 14.1 Å². The highest BCUT2D eigenvalue weighted by Gasteiger charge is 2.38. The molecule has 0 radical (unpaired) electrons. The van der Waals surface area contributed by atoms with Gasteiger partial charge in [0.1, 0.15) is 10.7 Å². The summed E-state index contributed by atoms with van der Waals surface area (Å²) in [5.74, 6) is -0.543. The molecular formula is C29H28FN5O2S. The van der Waals surface area contributed by atoms with Crippen LogP contribution >= 0.6 is 11.3 Å². The molecule has 7 nitrogen and oxygen atoms in total. The SMILES string of the molecule is CC1C[C@@H](c2ccccc2)N(c2ccc3c(cnn3-c3ccc(F)cc3)c2)C1=O.Cc1ncsc1C(N)=O.[HH]. The summed E-state index contributed by atoms with van der Waals surface area (Å²) in [7, 11) is 0. The van der Waals surface area contributed by atoms with E-state index in [1.165, 1.54) is 23.5 Å². The molecule has 1 fully saturated rings. The van der Waals surface area contributed by atoms with Crippen molar-refractivity contribution in [2.24, 2.45) is 11.7 Å². The molecule has 3 aromatic carbocycles. The van der Waals surface area contributed by atoms with E-state index in [9.17, 15) is 14.0 Å². The van der Waals surface area contributed by atoms with Crippen LogP contribution in [-0.2, 0) is 4.79 Å². The number of carbonyl (C=O) groups is 2. The van der Waals surface area contributed by atoms with Gasteiger partial charge in [0, 0.05) is 18.4 Å². The van der Waals surface area contributed by atoms with Crippen molar-refractivity contribution in [2.45, 2.75) is 26.3 Å². The molecule has 1 unspecified atom stereocenters. The molecule has 0 aliphatic carbocycles. The predicted molar refractivity (Wildman–Crippen MR) is 149 cm³/mol. The van der Waals surface area contributed by atoms with Crippen LogP contribution in [-0.4, -0.2) is 26.6 Å². The number of amides is 2. The first kappa shape index (κ1) is 25.3. The van der Waals surface area contributed by atoms with Gasteiger partial charge in [0.15, 0.2) is 0 Å². The van der Waals surface area contributed by atoms with Gasteiger partial charge in [-0.15, -0.1) is 11.3 Å². The zero-order chi connectivity index (χ0) is 26.8. The van der Waals surface area contributed by atoms with Gasteiger partial charge in [0.25, 0.3) is 5.91 Å². The Labute approximate surface area is 224 Å². The van der Waals surface area contributed by atoms with E-state index in [1.807, 2.05) is 48.2 Å². The molecule has 0 spiro atoms. The number of hydrogen-bond donors (Lipinski definition) is 1. The minimum absolute atomic E-state index is 0. The van der Waals surface area contributed by atoms with Crippen LogP contribution in [0.1, 0.15) is 41.7 Å². The fourth-order valence-corrected chi connectivity index (χ4v) is 5.35. The molecular weight excluding hydrogens is 501 g/mol. The van der Waals surface area contributed by atoms with Crippen LogP contribution in [0.4, 0.5) is 10.1 Å². The number of anilines is 1. The Morgan fingerprint density at radius 3 is 2.42 bits per heavy atom. The number of nitrogens with zero attached hydrogens (tertiary/aromatic N) is 4. The molecule has 1 aliphatic rings. The molecule has 2 atom stereocenters. The lowest BCUT2D eigenvalue weighted by molar-refractivity contribution is -0.120. The lowest BCUT2D eigenvalue weighted by Crippen LogP contribution is -2.28. The van der Waals surface area contributed by atoms with Crippen LogP contribution in [0.25, 0.3) is 16.6 Å². The average Bonchev–Trinajstić information content (AvgIpc) is 3.62. The van der Waals surface area contributed by atoms with E-state index < -0.39 is 5.91 Å². The van der Waals surface area contributed by atoms with E-state index >= 15 is 0 Å². The molecule has 2 amide bonds. The quantitative estimate of drug-likeness (QED) is 0.306. The lowest BCUT2D eigenvalue weighted by atomic mass is 10.0. The summed E-state index contributed by atoms with van der Waals surface area (Å²) in [5, 5.41) is 5.40. The fourth-order valence-electron chi connectivity index (χ4n) is 4.70. The first-order valence-corrected chi connectivity index (χ1v) is 13.0. The number of aromatic nitrogens is 3. The Kier molecular flexibility index (Phi) is 7.02. The second kappa shape index (κ2) is 10.5. The maximum absolute atomic E-state index is 13.2. The van der Waals surface area contributed by atoms with Crippen LogP contribution in [0.3, 0.4) is 0 Å². The van der Waals surface area contributed by atoms with Gasteiger partial charge in [-0.1, -0.05) is 37.3 Å². The van der Waals surface area contributed by atoms with Crippen LogP contribution in [0, 0.1) is 18.7 Å². The second-order valence-corrected chi connectivity index (χ2v) is 10.0. The number of aryl methyl sites for hydroxylation is 1. The number of halogens is 1. The number of rotatable bonds is 4. The van der Waals surface area contributed by atoms with Crippen LogP contribution in [0.2, 0.25) is 0 Å². The highest BCUT2D eigenvalue weighted by molar-refractivity contribution is 7.11. The van der Waals surface area contributed by atoms with Gasteiger partial charge in [0.2, 0.25) is 5.91 Å². The average molecular weight is 530 g/mol. The number of carbonyl (C=O) groups excluding carboxylic acids is 2. The van der Waals surface area contributed by atoms with Crippen molar-refractivity contribution in [3.63, 3.8) is 0 Å². The Morgan fingerprint density at radius 1 is 1.08 bits per heavy atom. The molecule has 2 N–H and O–H groups in total. The number of primary amides is 1. The number of fused-ring (bicyclic) bond motifs is 1. The third-order valence-electron chi connectivity index (χ3n) is 6.60. The van der Waals surface area contributed by atoms with Crippen molar-refractivity contribution < 1.29 is 15.4 Å². The van der Waals surface area contributed by atoms with E-state index in [0.717, 1.165) is 34.3 Å². The zero-order valence-electron chi connectivity index (χ0n) is 20.9. The first-order chi connectivity index (χ1) is 18.3.